The van der Waals surface area contributed by atoms with Gasteiger partial charge < -0.3 is 15.2 Å². The minimum atomic E-state index is -0.391. The predicted octanol–water partition coefficient (Wildman–Crippen LogP) is 0.127. The SMILES string of the molecule is COCC(CO)NC(=O)c1cncc(C)c1. The van der Waals surface area contributed by atoms with E-state index in [4.69, 9.17) is 9.84 Å². The number of ether oxygens (including phenoxy) is 1. The maximum Gasteiger partial charge on any atom is 0.253 e. The van der Waals surface area contributed by atoms with E-state index in [-0.39, 0.29) is 19.1 Å². The lowest BCUT2D eigenvalue weighted by molar-refractivity contribution is 0.0839. The maximum absolute atomic E-state index is 11.7. The summed E-state index contributed by atoms with van der Waals surface area (Å²) >= 11 is 0. The van der Waals surface area contributed by atoms with Gasteiger partial charge in [0.1, 0.15) is 0 Å². The van der Waals surface area contributed by atoms with Crippen molar-refractivity contribution >= 4 is 5.91 Å². The fraction of sp³-hybridized carbons (Fsp3) is 0.455. The van der Waals surface area contributed by atoms with E-state index in [0.29, 0.717) is 5.56 Å². The van der Waals surface area contributed by atoms with Crippen LogP contribution in [0.1, 0.15) is 15.9 Å². The van der Waals surface area contributed by atoms with Crippen LogP contribution in [0.4, 0.5) is 0 Å². The van der Waals surface area contributed by atoms with Gasteiger partial charge in [-0.2, -0.15) is 0 Å². The Morgan fingerprint density at radius 1 is 1.62 bits per heavy atom. The molecule has 5 nitrogen and oxygen atoms in total. The molecule has 0 saturated carbocycles. The number of aryl methyl sites for hydroxylation is 1. The zero-order valence-electron chi connectivity index (χ0n) is 9.43. The topological polar surface area (TPSA) is 71.5 Å². The summed E-state index contributed by atoms with van der Waals surface area (Å²) in [4.78, 5) is 15.7. The fourth-order valence-corrected chi connectivity index (χ4v) is 1.29. The Kier molecular flexibility index (Phi) is 4.88. The third-order valence-electron chi connectivity index (χ3n) is 2.06. The highest BCUT2D eigenvalue weighted by Crippen LogP contribution is 2.01. The van der Waals surface area contributed by atoms with E-state index in [2.05, 4.69) is 10.3 Å². The molecular weight excluding hydrogens is 208 g/mol. The van der Waals surface area contributed by atoms with Gasteiger partial charge in [0.2, 0.25) is 0 Å². The Hall–Kier alpha value is -1.46. The molecule has 0 aliphatic carbocycles. The number of aliphatic hydroxyl groups is 1. The van der Waals surface area contributed by atoms with Crippen molar-refractivity contribution in [2.45, 2.75) is 13.0 Å². The van der Waals surface area contributed by atoms with E-state index in [9.17, 15) is 4.79 Å². The third-order valence-corrected chi connectivity index (χ3v) is 2.06. The first-order chi connectivity index (χ1) is 7.67. The van der Waals surface area contributed by atoms with Crippen LogP contribution in [0, 0.1) is 6.92 Å². The number of nitrogens with zero attached hydrogens (tertiary/aromatic N) is 1. The van der Waals surface area contributed by atoms with E-state index in [1.165, 1.54) is 13.3 Å². The van der Waals surface area contributed by atoms with E-state index >= 15 is 0 Å². The van der Waals surface area contributed by atoms with Crippen molar-refractivity contribution in [1.82, 2.24) is 10.3 Å². The number of hydrogen-bond acceptors (Lipinski definition) is 4. The normalized spacial score (nSPS) is 12.2. The van der Waals surface area contributed by atoms with Crippen molar-refractivity contribution in [2.24, 2.45) is 0 Å². The number of aromatic nitrogens is 1. The Morgan fingerprint density at radius 2 is 2.38 bits per heavy atom. The molecule has 0 aliphatic rings. The van der Waals surface area contributed by atoms with Crippen LogP contribution in [0.5, 0.6) is 0 Å². The summed E-state index contributed by atoms with van der Waals surface area (Å²) in [5.41, 5.74) is 1.40. The van der Waals surface area contributed by atoms with Crippen LogP contribution in [0.3, 0.4) is 0 Å². The molecule has 0 aliphatic heterocycles. The van der Waals surface area contributed by atoms with Gasteiger partial charge in [-0.05, 0) is 18.6 Å². The lowest BCUT2D eigenvalue weighted by atomic mass is 10.2. The Morgan fingerprint density at radius 3 is 2.94 bits per heavy atom. The van der Waals surface area contributed by atoms with Gasteiger partial charge in [0.05, 0.1) is 24.8 Å². The van der Waals surface area contributed by atoms with Gasteiger partial charge in [0.15, 0.2) is 0 Å². The smallest absolute Gasteiger partial charge is 0.253 e. The van der Waals surface area contributed by atoms with Gasteiger partial charge in [-0.25, -0.2) is 0 Å². The molecule has 16 heavy (non-hydrogen) atoms. The number of carbonyl (C=O) groups excluding carboxylic acids is 1. The third kappa shape index (κ3) is 3.60. The minimum absolute atomic E-state index is 0.154. The molecule has 0 bridgehead atoms. The Labute approximate surface area is 94.5 Å². The molecule has 0 radical (unpaired) electrons. The van der Waals surface area contributed by atoms with Gasteiger partial charge in [0.25, 0.3) is 5.91 Å². The molecule has 1 aromatic rings. The zero-order valence-corrected chi connectivity index (χ0v) is 9.43. The van der Waals surface area contributed by atoms with E-state index in [0.717, 1.165) is 5.56 Å². The minimum Gasteiger partial charge on any atom is -0.394 e. The van der Waals surface area contributed by atoms with Crippen LogP contribution in [0.2, 0.25) is 0 Å². The molecule has 1 heterocycles. The first-order valence-corrected chi connectivity index (χ1v) is 4.99. The average molecular weight is 224 g/mol. The van der Waals surface area contributed by atoms with Crippen molar-refractivity contribution in [1.29, 1.82) is 0 Å². The van der Waals surface area contributed by atoms with Crippen molar-refractivity contribution in [3.63, 3.8) is 0 Å². The molecule has 1 atom stereocenters. The van der Waals surface area contributed by atoms with Crippen LogP contribution >= 0.6 is 0 Å². The molecule has 0 fully saturated rings. The predicted molar refractivity (Wildman–Crippen MR) is 59.2 cm³/mol. The summed E-state index contributed by atoms with van der Waals surface area (Å²) in [6, 6.07) is 1.35. The molecule has 0 aromatic carbocycles. The number of hydrogen-bond donors (Lipinski definition) is 2. The molecule has 88 valence electrons. The first-order valence-electron chi connectivity index (χ1n) is 4.99. The second-order valence-electron chi connectivity index (χ2n) is 3.56. The van der Waals surface area contributed by atoms with Crippen LogP contribution in [0.15, 0.2) is 18.5 Å². The van der Waals surface area contributed by atoms with Crippen molar-refractivity contribution in [3.8, 4) is 0 Å². The van der Waals surface area contributed by atoms with Crippen molar-refractivity contribution < 1.29 is 14.6 Å². The number of methoxy groups -OCH3 is 1. The van der Waals surface area contributed by atoms with Crippen LogP contribution in [0.25, 0.3) is 0 Å². The molecular formula is C11H16N2O3. The molecule has 2 N–H and O–H groups in total. The van der Waals surface area contributed by atoms with Crippen LogP contribution < -0.4 is 5.32 Å². The quantitative estimate of drug-likeness (QED) is 0.745. The number of nitrogens with one attached hydrogen (secondary N) is 1. The van der Waals surface area contributed by atoms with Crippen LogP contribution in [-0.4, -0.2) is 42.4 Å². The molecule has 1 unspecified atom stereocenters. The highest BCUT2D eigenvalue weighted by molar-refractivity contribution is 5.94. The van der Waals surface area contributed by atoms with Crippen molar-refractivity contribution in [2.75, 3.05) is 20.3 Å². The second-order valence-corrected chi connectivity index (χ2v) is 3.56. The second kappa shape index (κ2) is 6.19. The van der Waals surface area contributed by atoms with Crippen LogP contribution in [-0.2, 0) is 4.74 Å². The largest absolute Gasteiger partial charge is 0.394 e. The molecule has 0 spiro atoms. The number of aliphatic hydroxyl groups excluding tert-OH is 1. The molecule has 0 saturated heterocycles. The van der Waals surface area contributed by atoms with Gasteiger partial charge in [-0.1, -0.05) is 0 Å². The van der Waals surface area contributed by atoms with Gasteiger partial charge >= 0.3 is 0 Å². The molecule has 1 amide bonds. The standard InChI is InChI=1S/C11H16N2O3/c1-8-3-9(5-12-4-8)11(15)13-10(6-14)7-16-2/h3-5,10,14H,6-7H2,1-2H3,(H,13,15). The summed E-state index contributed by atoms with van der Waals surface area (Å²) in [7, 11) is 1.52. The monoisotopic (exact) mass is 224 g/mol. The Balaban J connectivity index is 2.64. The highest BCUT2D eigenvalue weighted by atomic mass is 16.5. The average Bonchev–Trinajstić information content (AvgIpc) is 2.28. The number of rotatable bonds is 5. The van der Waals surface area contributed by atoms with E-state index in [1.54, 1.807) is 12.3 Å². The van der Waals surface area contributed by atoms with E-state index < -0.39 is 6.04 Å². The lowest BCUT2D eigenvalue weighted by Gasteiger charge is -2.15. The summed E-state index contributed by atoms with van der Waals surface area (Å²) in [5.74, 6) is -0.257. The Bertz CT molecular complexity index is 355. The summed E-state index contributed by atoms with van der Waals surface area (Å²) in [6.45, 7) is 1.99. The van der Waals surface area contributed by atoms with Crippen molar-refractivity contribution in [3.05, 3.63) is 29.6 Å². The lowest BCUT2D eigenvalue weighted by Crippen LogP contribution is -2.40. The molecule has 5 heteroatoms. The highest BCUT2D eigenvalue weighted by Gasteiger charge is 2.12. The molecule has 1 aromatic heterocycles. The number of amides is 1. The summed E-state index contributed by atoms with van der Waals surface area (Å²) in [6.07, 6.45) is 3.17. The summed E-state index contributed by atoms with van der Waals surface area (Å²) in [5, 5.41) is 11.7. The van der Waals surface area contributed by atoms with E-state index in [1.807, 2.05) is 6.92 Å². The number of carbonyl (C=O) groups is 1. The fourth-order valence-electron chi connectivity index (χ4n) is 1.29. The summed E-state index contributed by atoms with van der Waals surface area (Å²) < 4.78 is 4.86. The van der Waals surface area contributed by atoms with Gasteiger partial charge in [-0.3, -0.25) is 9.78 Å². The maximum atomic E-state index is 11.7. The number of pyridine rings is 1. The molecule has 1 rings (SSSR count). The zero-order chi connectivity index (χ0) is 12.0. The first kappa shape index (κ1) is 12.6. The van der Waals surface area contributed by atoms with Gasteiger partial charge in [-0.15, -0.1) is 0 Å². The van der Waals surface area contributed by atoms with Gasteiger partial charge in [0, 0.05) is 19.5 Å².